The lowest BCUT2D eigenvalue weighted by atomic mass is 10.1. The summed E-state index contributed by atoms with van der Waals surface area (Å²) in [4.78, 5) is 27.2. The van der Waals surface area contributed by atoms with Gasteiger partial charge in [0.15, 0.2) is 0 Å². The Kier molecular flexibility index (Phi) is 3.52. The first kappa shape index (κ1) is 13.1. The molecular weight excluding hydrogens is 242 g/mol. The molecule has 0 aliphatic carbocycles. The lowest BCUT2D eigenvalue weighted by Crippen LogP contribution is -2.55. The highest BCUT2D eigenvalue weighted by Gasteiger charge is 2.30. The molecule has 0 unspecified atom stereocenters. The summed E-state index contributed by atoms with van der Waals surface area (Å²) in [6, 6.07) is 8.54. The van der Waals surface area contributed by atoms with E-state index in [1.807, 2.05) is 13.0 Å². The Bertz CT molecular complexity index is 562. The van der Waals surface area contributed by atoms with Crippen molar-refractivity contribution >= 4 is 11.8 Å². The van der Waals surface area contributed by atoms with Gasteiger partial charge in [-0.15, -0.1) is 0 Å². The minimum Gasteiger partial charge on any atom is -0.340 e. The molecule has 1 heterocycles. The second kappa shape index (κ2) is 5.11. The van der Waals surface area contributed by atoms with Crippen molar-refractivity contribution < 1.29 is 9.59 Å². The van der Waals surface area contributed by atoms with Crippen molar-refractivity contribution in [1.82, 2.24) is 9.80 Å². The second-order valence-electron chi connectivity index (χ2n) is 4.73. The molecule has 0 N–H and O–H groups in total. The van der Waals surface area contributed by atoms with E-state index in [0.717, 1.165) is 0 Å². The summed E-state index contributed by atoms with van der Waals surface area (Å²) in [5, 5.41) is 8.84. The molecule has 5 heteroatoms. The van der Waals surface area contributed by atoms with Gasteiger partial charge in [0.25, 0.3) is 5.91 Å². The van der Waals surface area contributed by atoms with E-state index in [1.165, 1.54) is 4.90 Å². The van der Waals surface area contributed by atoms with Crippen LogP contribution in [0.2, 0.25) is 0 Å². The third kappa shape index (κ3) is 2.58. The molecule has 2 amide bonds. The normalized spacial score (nSPS) is 19.2. The molecule has 1 aromatic carbocycles. The highest BCUT2D eigenvalue weighted by molar-refractivity contribution is 5.97. The van der Waals surface area contributed by atoms with Crippen LogP contribution in [0.25, 0.3) is 0 Å². The Hall–Kier alpha value is -2.35. The van der Waals surface area contributed by atoms with Crippen LogP contribution in [-0.4, -0.2) is 47.8 Å². The molecule has 0 spiro atoms. The lowest BCUT2D eigenvalue weighted by molar-refractivity contribution is -0.136. The van der Waals surface area contributed by atoms with Gasteiger partial charge in [-0.2, -0.15) is 5.26 Å². The van der Waals surface area contributed by atoms with E-state index in [2.05, 4.69) is 0 Å². The Labute approximate surface area is 112 Å². The molecule has 0 aromatic heterocycles. The molecule has 0 radical (unpaired) electrons. The smallest absolute Gasteiger partial charge is 0.254 e. The van der Waals surface area contributed by atoms with Gasteiger partial charge in [-0.25, -0.2) is 0 Å². The first-order valence-electron chi connectivity index (χ1n) is 6.08. The molecule has 1 atom stereocenters. The summed E-state index contributed by atoms with van der Waals surface area (Å²) in [6.07, 6.45) is 0. The van der Waals surface area contributed by atoms with Crippen molar-refractivity contribution in [3.05, 3.63) is 35.4 Å². The number of likely N-dealkylation sites (N-methyl/N-ethyl adjacent to an activating group) is 1. The van der Waals surface area contributed by atoms with E-state index in [1.54, 1.807) is 36.2 Å². The zero-order valence-electron chi connectivity index (χ0n) is 11.0. The summed E-state index contributed by atoms with van der Waals surface area (Å²) in [5.74, 6) is -0.270. The van der Waals surface area contributed by atoms with Gasteiger partial charge >= 0.3 is 0 Å². The van der Waals surface area contributed by atoms with Crippen molar-refractivity contribution in [2.45, 2.75) is 13.0 Å². The number of carbonyl (C=O) groups excluding carboxylic acids is 2. The van der Waals surface area contributed by atoms with E-state index in [-0.39, 0.29) is 24.4 Å². The molecule has 1 aromatic rings. The van der Waals surface area contributed by atoms with Crippen molar-refractivity contribution in [1.29, 1.82) is 5.26 Å². The summed E-state index contributed by atoms with van der Waals surface area (Å²) < 4.78 is 0. The van der Waals surface area contributed by atoms with Gasteiger partial charge in [0.2, 0.25) is 5.91 Å². The highest BCUT2D eigenvalue weighted by Crippen LogP contribution is 2.13. The maximum atomic E-state index is 12.3. The lowest BCUT2D eigenvalue weighted by Gasteiger charge is -2.37. The van der Waals surface area contributed by atoms with Crippen LogP contribution in [-0.2, 0) is 4.79 Å². The van der Waals surface area contributed by atoms with Gasteiger partial charge in [0.05, 0.1) is 11.6 Å². The van der Waals surface area contributed by atoms with Crippen molar-refractivity contribution in [3.63, 3.8) is 0 Å². The molecule has 5 nitrogen and oxygen atoms in total. The van der Waals surface area contributed by atoms with Crippen LogP contribution in [0.15, 0.2) is 24.3 Å². The summed E-state index contributed by atoms with van der Waals surface area (Å²) in [5.41, 5.74) is 0.892. The van der Waals surface area contributed by atoms with E-state index >= 15 is 0 Å². The largest absolute Gasteiger partial charge is 0.340 e. The Morgan fingerprint density at radius 3 is 2.84 bits per heavy atom. The monoisotopic (exact) mass is 257 g/mol. The molecule has 1 saturated heterocycles. The Balaban J connectivity index is 2.20. The van der Waals surface area contributed by atoms with E-state index in [9.17, 15) is 9.59 Å². The molecule has 0 saturated carbocycles. The average Bonchev–Trinajstić information content (AvgIpc) is 2.43. The quantitative estimate of drug-likeness (QED) is 0.749. The number of carbonyl (C=O) groups is 2. The number of rotatable bonds is 1. The molecule has 0 bridgehead atoms. The minimum atomic E-state index is -0.203. The van der Waals surface area contributed by atoms with Gasteiger partial charge in [-0.1, -0.05) is 6.07 Å². The van der Waals surface area contributed by atoms with Crippen LogP contribution < -0.4 is 0 Å². The van der Waals surface area contributed by atoms with Gasteiger partial charge in [0, 0.05) is 25.2 Å². The van der Waals surface area contributed by atoms with E-state index in [4.69, 9.17) is 5.26 Å². The fourth-order valence-corrected chi connectivity index (χ4v) is 2.09. The van der Waals surface area contributed by atoms with Crippen LogP contribution >= 0.6 is 0 Å². The number of hydrogen-bond acceptors (Lipinski definition) is 3. The number of piperazine rings is 1. The van der Waals surface area contributed by atoms with Gasteiger partial charge in [0.1, 0.15) is 6.54 Å². The molecule has 1 aliphatic rings. The Morgan fingerprint density at radius 1 is 1.47 bits per heavy atom. The van der Waals surface area contributed by atoms with Crippen molar-refractivity contribution in [2.75, 3.05) is 20.1 Å². The third-order valence-corrected chi connectivity index (χ3v) is 3.39. The SMILES string of the molecule is C[C@H]1CN(C(=O)c2cccc(C#N)c2)CC(=O)N1C. The highest BCUT2D eigenvalue weighted by atomic mass is 16.2. The predicted molar refractivity (Wildman–Crippen MR) is 69.3 cm³/mol. The first-order valence-corrected chi connectivity index (χ1v) is 6.08. The molecule has 19 heavy (non-hydrogen) atoms. The minimum absolute atomic E-state index is 0.00403. The standard InChI is InChI=1S/C14H15N3O2/c1-10-8-17(9-13(18)16(10)2)14(19)12-5-3-4-11(6-12)7-15/h3-6,10H,8-9H2,1-2H3/t10-/m0/s1. The van der Waals surface area contributed by atoms with Gasteiger partial charge < -0.3 is 9.80 Å². The zero-order valence-corrected chi connectivity index (χ0v) is 11.0. The second-order valence-corrected chi connectivity index (χ2v) is 4.73. The molecule has 2 rings (SSSR count). The number of nitrogens with zero attached hydrogens (tertiary/aromatic N) is 3. The number of hydrogen-bond donors (Lipinski definition) is 0. The molecule has 1 fully saturated rings. The maximum Gasteiger partial charge on any atom is 0.254 e. The number of benzene rings is 1. The van der Waals surface area contributed by atoms with E-state index in [0.29, 0.717) is 17.7 Å². The molecule has 98 valence electrons. The third-order valence-electron chi connectivity index (χ3n) is 3.39. The van der Waals surface area contributed by atoms with Crippen LogP contribution in [0.5, 0.6) is 0 Å². The fourth-order valence-electron chi connectivity index (χ4n) is 2.09. The van der Waals surface area contributed by atoms with Gasteiger partial charge in [-0.05, 0) is 25.1 Å². The molecule has 1 aliphatic heterocycles. The summed E-state index contributed by atoms with van der Waals surface area (Å²) in [7, 11) is 1.74. The number of amides is 2. The summed E-state index contributed by atoms with van der Waals surface area (Å²) in [6.45, 7) is 2.51. The van der Waals surface area contributed by atoms with Crippen molar-refractivity contribution in [3.8, 4) is 6.07 Å². The van der Waals surface area contributed by atoms with Crippen molar-refractivity contribution in [2.24, 2.45) is 0 Å². The predicted octanol–water partition coefficient (Wildman–Crippen LogP) is 0.861. The van der Waals surface area contributed by atoms with Gasteiger partial charge in [-0.3, -0.25) is 9.59 Å². The van der Waals surface area contributed by atoms with Crippen LogP contribution in [0.1, 0.15) is 22.8 Å². The fraction of sp³-hybridized carbons (Fsp3) is 0.357. The molecular formula is C14H15N3O2. The zero-order chi connectivity index (χ0) is 14.0. The topological polar surface area (TPSA) is 64.4 Å². The maximum absolute atomic E-state index is 12.3. The Morgan fingerprint density at radius 2 is 2.21 bits per heavy atom. The average molecular weight is 257 g/mol. The van der Waals surface area contributed by atoms with Crippen LogP contribution in [0, 0.1) is 11.3 Å². The van der Waals surface area contributed by atoms with Crippen LogP contribution in [0.4, 0.5) is 0 Å². The summed E-state index contributed by atoms with van der Waals surface area (Å²) >= 11 is 0. The number of nitriles is 1. The first-order chi connectivity index (χ1) is 9.02. The van der Waals surface area contributed by atoms with E-state index < -0.39 is 0 Å². The van der Waals surface area contributed by atoms with Crippen LogP contribution in [0.3, 0.4) is 0 Å².